The van der Waals surface area contributed by atoms with Gasteiger partial charge in [-0.2, -0.15) is 0 Å². The van der Waals surface area contributed by atoms with Crippen molar-refractivity contribution in [2.45, 2.75) is 63.1 Å². The molecule has 0 saturated carbocycles. The summed E-state index contributed by atoms with van der Waals surface area (Å²) in [4.78, 5) is 55.8. The summed E-state index contributed by atoms with van der Waals surface area (Å²) in [5.41, 5.74) is 10.4. The lowest BCUT2D eigenvalue weighted by Crippen LogP contribution is -2.57. The third-order valence-electron chi connectivity index (χ3n) is 9.00. The summed E-state index contributed by atoms with van der Waals surface area (Å²) < 4.78 is 0. The number of nitrogens with zero attached hydrogens (tertiary/aromatic N) is 1. The number of Topliss-reactive ketones (excluding diaryl/α,β-unsaturated/α-hetero) is 1. The zero-order valence-corrected chi connectivity index (χ0v) is 27.2. The van der Waals surface area contributed by atoms with Crippen LogP contribution < -0.4 is 16.4 Å². The predicted octanol–water partition coefficient (Wildman–Crippen LogP) is 5.17. The van der Waals surface area contributed by atoms with E-state index >= 15 is 0 Å². The van der Waals surface area contributed by atoms with E-state index in [0.29, 0.717) is 44.3 Å². The van der Waals surface area contributed by atoms with Crippen molar-refractivity contribution < 1.29 is 19.2 Å². The van der Waals surface area contributed by atoms with E-state index in [4.69, 9.17) is 5.73 Å². The van der Waals surface area contributed by atoms with Gasteiger partial charge in [-0.15, -0.1) is 0 Å². The monoisotopic (exact) mass is 644 g/mol. The number of nitrogens with one attached hydrogen (secondary N) is 2. The summed E-state index contributed by atoms with van der Waals surface area (Å²) >= 11 is 0. The molecule has 8 heteroatoms. The van der Waals surface area contributed by atoms with Crippen molar-refractivity contribution in [1.29, 1.82) is 0 Å². The molecule has 4 aromatic rings. The molecule has 0 bridgehead atoms. The molecule has 3 amide bonds. The van der Waals surface area contributed by atoms with Crippen molar-refractivity contribution in [3.63, 3.8) is 0 Å². The van der Waals surface area contributed by atoms with Gasteiger partial charge in [0.25, 0.3) is 0 Å². The molecule has 0 spiro atoms. The maximum atomic E-state index is 14.0. The van der Waals surface area contributed by atoms with Gasteiger partial charge in [-0.05, 0) is 48.1 Å². The quantitative estimate of drug-likeness (QED) is 0.122. The van der Waals surface area contributed by atoms with Crippen LogP contribution in [0.5, 0.6) is 0 Å². The van der Waals surface area contributed by atoms with Crippen LogP contribution in [0.2, 0.25) is 0 Å². The van der Waals surface area contributed by atoms with Gasteiger partial charge in [-0.1, -0.05) is 115 Å². The number of ketones is 1. The maximum absolute atomic E-state index is 14.0. The van der Waals surface area contributed by atoms with Crippen molar-refractivity contribution in [2.75, 3.05) is 13.1 Å². The molecule has 4 N–H and O–H groups in total. The van der Waals surface area contributed by atoms with Gasteiger partial charge in [0, 0.05) is 43.8 Å². The number of benzene rings is 4. The normalized spacial score (nSPS) is 14.5. The van der Waals surface area contributed by atoms with Crippen LogP contribution in [0.15, 0.2) is 115 Å². The highest BCUT2D eigenvalue weighted by molar-refractivity contribution is 5.98. The maximum Gasteiger partial charge on any atom is 0.243 e. The molecular weight excluding hydrogens is 600 g/mol. The Labute approximate surface area is 282 Å². The van der Waals surface area contributed by atoms with Crippen molar-refractivity contribution in [1.82, 2.24) is 15.5 Å². The number of unbranched alkanes of at least 4 members (excludes halogenated alkanes) is 1. The lowest BCUT2D eigenvalue weighted by atomic mass is 9.91. The molecule has 2 atom stereocenters. The molecule has 8 nitrogen and oxygen atoms in total. The van der Waals surface area contributed by atoms with Crippen molar-refractivity contribution >= 4 is 23.5 Å². The SMILES string of the molecule is NCCCCC(NC(=O)[C@@H]1Cc2ccccc2CN1C(=O)CCC(=O)c1ccccc1)C(=O)NCC(c1ccccc1)c1ccccc1. The van der Waals surface area contributed by atoms with Gasteiger partial charge in [0.05, 0.1) is 0 Å². The van der Waals surface area contributed by atoms with E-state index in [2.05, 4.69) is 10.6 Å². The number of fused-ring (bicyclic) bond motifs is 1. The standard InChI is InChI=1S/C40H44N4O4/c41-25-13-12-22-35(39(47)42-27-34(29-14-4-1-5-15-29)30-16-6-2-7-17-30)43-40(48)36-26-32-20-10-11-21-33(32)28-44(36)38(46)24-23-37(45)31-18-8-3-9-19-31/h1-11,14-21,34-36H,12-13,22-28,41H2,(H,42,47)(H,43,48)/t35?,36-/m0/s1. The summed E-state index contributed by atoms with van der Waals surface area (Å²) in [6.07, 6.45) is 2.14. The van der Waals surface area contributed by atoms with Gasteiger partial charge in [0.1, 0.15) is 12.1 Å². The van der Waals surface area contributed by atoms with Gasteiger partial charge >= 0.3 is 0 Å². The Morgan fingerprint density at radius 1 is 0.729 bits per heavy atom. The molecule has 1 heterocycles. The summed E-state index contributed by atoms with van der Waals surface area (Å²) in [5, 5.41) is 6.11. The highest BCUT2D eigenvalue weighted by Crippen LogP contribution is 2.26. The first-order valence-electron chi connectivity index (χ1n) is 16.8. The fourth-order valence-corrected chi connectivity index (χ4v) is 6.31. The second-order valence-corrected chi connectivity index (χ2v) is 12.3. The number of hydrogen-bond donors (Lipinski definition) is 3. The molecule has 4 aromatic carbocycles. The Bertz CT molecular complexity index is 1620. The molecule has 0 fully saturated rings. The van der Waals surface area contributed by atoms with E-state index in [9.17, 15) is 19.2 Å². The zero-order valence-electron chi connectivity index (χ0n) is 27.2. The van der Waals surface area contributed by atoms with Crippen LogP contribution in [0.4, 0.5) is 0 Å². The lowest BCUT2D eigenvalue weighted by molar-refractivity contribution is -0.142. The summed E-state index contributed by atoms with van der Waals surface area (Å²) in [6, 6.07) is 35.1. The molecule has 1 aliphatic heterocycles. The summed E-state index contributed by atoms with van der Waals surface area (Å²) in [5.74, 6) is -1.13. The smallest absolute Gasteiger partial charge is 0.243 e. The molecule has 0 radical (unpaired) electrons. The molecule has 1 aliphatic rings. The lowest BCUT2D eigenvalue weighted by Gasteiger charge is -2.37. The summed E-state index contributed by atoms with van der Waals surface area (Å²) in [7, 11) is 0. The number of rotatable bonds is 15. The first-order chi connectivity index (χ1) is 23.4. The van der Waals surface area contributed by atoms with Gasteiger partial charge in [-0.25, -0.2) is 0 Å². The van der Waals surface area contributed by atoms with E-state index in [-0.39, 0.29) is 48.8 Å². The Morgan fingerprint density at radius 2 is 1.31 bits per heavy atom. The van der Waals surface area contributed by atoms with Crippen LogP contribution in [0.25, 0.3) is 0 Å². The molecule has 248 valence electrons. The van der Waals surface area contributed by atoms with Gasteiger partial charge < -0.3 is 21.3 Å². The third kappa shape index (κ3) is 9.04. The topological polar surface area (TPSA) is 122 Å². The fraction of sp³-hybridized carbons (Fsp3) is 0.300. The predicted molar refractivity (Wildman–Crippen MR) is 187 cm³/mol. The molecule has 0 aromatic heterocycles. The fourth-order valence-electron chi connectivity index (χ4n) is 6.31. The Hall–Kier alpha value is -5.08. The number of amides is 3. The highest BCUT2D eigenvalue weighted by Gasteiger charge is 2.36. The average Bonchev–Trinajstić information content (AvgIpc) is 3.14. The van der Waals surface area contributed by atoms with E-state index < -0.39 is 12.1 Å². The first kappa shape index (κ1) is 34.3. The van der Waals surface area contributed by atoms with E-state index in [1.807, 2.05) is 91.0 Å². The second-order valence-electron chi connectivity index (χ2n) is 12.3. The molecular formula is C40H44N4O4. The molecule has 0 aliphatic carbocycles. The van der Waals surface area contributed by atoms with Crippen molar-refractivity contribution in [2.24, 2.45) is 5.73 Å². The van der Waals surface area contributed by atoms with Crippen molar-refractivity contribution in [3.8, 4) is 0 Å². The van der Waals surface area contributed by atoms with Gasteiger partial charge in [0.2, 0.25) is 17.7 Å². The van der Waals surface area contributed by atoms with E-state index in [1.54, 1.807) is 29.2 Å². The minimum Gasteiger partial charge on any atom is -0.353 e. The molecule has 48 heavy (non-hydrogen) atoms. The van der Waals surface area contributed by atoms with E-state index in [0.717, 1.165) is 22.3 Å². The minimum atomic E-state index is -0.814. The van der Waals surface area contributed by atoms with Crippen LogP contribution >= 0.6 is 0 Å². The Kier molecular flexibility index (Phi) is 12.3. The molecule has 0 saturated heterocycles. The summed E-state index contributed by atoms with van der Waals surface area (Å²) in [6.45, 7) is 1.09. The molecule has 5 rings (SSSR count). The van der Waals surface area contributed by atoms with Gasteiger partial charge in [-0.3, -0.25) is 19.2 Å². The number of nitrogens with two attached hydrogens (primary N) is 1. The van der Waals surface area contributed by atoms with Crippen LogP contribution in [0, 0.1) is 0 Å². The van der Waals surface area contributed by atoms with Crippen LogP contribution in [-0.2, 0) is 27.3 Å². The largest absolute Gasteiger partial charge is 0.353 e. The third-order valence-corrected chi connectivity index (χ3v) is 9.00. The Morgan fingerprint density at radius 3 is 1.94 bits per heavy atom. The first-order valence-corrected chi connectivity index (χ1v) is 16.8. The second kappa shape index (κ2) is 17.2. The minimum absolute atomic E-state index is 0.0134. The number of carbonyl (C=O) groups is 4. The zero-order chi connectivity index (χ0) is 33.7. The van der Waals surface area contributed by atoms with Crippen molar-refractivity contribution in [3.05, 3.63) is 143 Å². The average molecular weight is 645 g/mol. The van der Waals surface area contributed by atoms with Crippen LogP contribution in [0.1, 0.15) is 70.6 Å². The van der Waals surface area contributed by atoms with E-state index in [1.165, 1.54) is 0 Å². The van der Waals surface area contributed by atoms with Crippen LogP contribution in [0.3, 0.4) is 0 Å². The molecule has 1 unspecified atom stereocenters. The Balaban J connectivity index is 1.31. The van der Waals surface area contributed by atoms with Gasteiger partial charge in [0.15, 0.2) is 5.78 Å². The number of hydrogen-bond acceptors (Lipinski definition) is 5. The number of carbonyl (C=O) groups excluding carboxylic acids is 4. The highest BCUT2D eigenvalue weighted by atomic mass is 16.2. The van der Waals surface area contributed by atoms with Crippen LogP contribution in [-0.4, -0.2) is 53.6 Å².